The fourth-order valence-corrected chi connectivity index (χ4v) is 3.03. The monoisotopic (exact) mass is 359 g/mol. The summed E-state index contributed by atoms with van der Waals surface area (Å²) in [5.74, 6) is 0.289. The topological polar surface area (TPSA) is 148 Å². The van der Waals surface area contributed by atoms with E-state index in [1.807, 2.05) is 13.0 Å². The van der Waals surface area contributed by atoms with E-state index >= 15 is 0 Å². The summed E-state index contributed by atoms with van der Waals surface area (Å²) >= 11 is 0. The molecule has 2 aliphatic heterocycles. The number of aryl methyl sites for hydroxylation is 1. The molecule has 0 saturated carbocycles. The van der Waals surface area contributed by atoms with Crippen LogP contribution in [0.2, 0.25) is 0 Å². The van der Waals surface area contributed by atoms with Crippen molar-refractivity contribution in [1.82, 2.24) is 9.88 Å². The SMILES string of the molecule is C=C1N=c2[nH]c(C)cc2=CN1C1O[C@H](COP(=O)(O)O)[C@@H](O)[C@H]1O. The highest BCUT2D eigenvalue weighted by atomic mass is 31.2. The second-order valence-corrected chi connectivity index (χ2v) is 6.89. The second kappa shape index (κ2) is 6.08. The molecular formula is C13H18N3O7P. The van der Waals surface area contributed by atoms with Crippen molar-refractivity contribution in [2.75, 3.05) is 6.61 Å². The van der Waals surface area contributed by atoms with Gasteiger partial charge in [-0.1, -0.05) is 6.58 Å². The second-order valence-electron chi connectivity index (χ2n) is 5.65. The Kier molecular flexibility index (Phi) is 4.39. The molecule has 1 saturated heterocycles. The average Bonchev–Trinajstić information content (AvgIpc) is 2.96. The molecule has 2 aliphatic rings. The van der Waals surface area contributed by atoms with Crippen molar-refractivity contribution in [2.45, 2.75) is 31.5 Å². The number of aliphatic hydroxyl groups is 2. The lowest BCUT2D eigenvalue weighted by Crippen LogP contribution is -2.44. The lowest BCUT2D eigenvalue weighted by Gasteiger charge is -2.29. The first kappa shape index (κ1) is 17.3. The Balaban J connectivity index is 1.81. The molecule has 0 spiro atoms. The summed E-state index contributed by atoms with van der Waals surface area (Å²) < 4.78 is 20.6. The van der Waals surface area contributed by atoms with Crippen molar-refractivity contribution in [3.8, 4) is 0 Å². The van der Waals surface area contributed by atoms with Crippen LogP contribution in [0.3, 0.4) is 0 Å². The molecule has 0 aliphatic carbocycles. The van der Waals surface area contributed by atoms with Gasteiger partial charge in [-0.15, -0.1) is 0 Å². The molecule has 1 fully saturated rings. The Labute approximate surface area is 136 Å². The average molecular weight is 359 g/mol. The number of rotatable bonds is 4. The fraction of sp³-hybridized carbons (Fsp3) is 0.462. The van der Waals surface area contributed by atoms with Crippen LogP contribution in [-0.2, 0) is 13.8 Å². The Morgan fingerprint density at radius 2 is 2.17 bits per heavy atom. The Hall–Kier alpha value is -1.52. The number of aromatic nitrogens is 1. The zero-order valence-electron chi connectivity index (χ0n) is 12.7. The maximum absolute atomic E-state index is 10.8. The van der Waals surface area contributed by atoms with Gasteiger partial charge in [0.2, 0.25) is 0 Å². The predicted molar refractivity (Wildman–Crippen MR) is 80.4 cm³/mol. The quantitative estimate of drug-likeness (QED) is 0.389. The number of ether oxygens (including phenoxy) is 1. The minimum Gasteiger partial charge on any atom is -0.387 e. The summed E-state index contributed by atoms with van der Waals surface area (Å²) in [5.41, 5.74) is 1.53. The van der Waals surface area contributed by atoms with Gasteiger partial charge in [0.25, 0.3) is 0 Å². The molecule has 0 amide bonds. The third-order valence-corrected chi connectivity index (χ3v) is 4.28. The molecule has 10 nitrogen and oxygen atoms in total. The third-order valence-electron chi connectivity index (χ3n) is 3.80. The number of nitrogens with one attached hydrogen (secondary N) is 1. The molecule has 0 radical (unpaired) electrons. The molecule has 0 bridgehead atoms. The molecule has 1 aromatic heterocycles. The van der Waals surface area contributed by atoms with E-state index in [2.05, 4.69) is 21.1 Å². The highest BCUT2D eigenvalue weighted by Gasteiger charge is 2.46. The van der Waals surface area contributed by atoms with Gasteiger partial charge < -0.3 is 34.6 Å². The first-order valence-electron chi connectivity index (χ1n) is 7.11. The molecular weight excluding hydrogens is 341 g/mol. The van der Waals surface area contributed by atoms with Crippen molar-refractivity contribution in [2.24, 2.45) is 4.99 Å². The molecule has 4 atom stereocenters. The van der Waals surface area contributed by atoms with Crippen LogP contribution in [0.1, 0.15) is 5.69 Å². The maximum atomic E-state index is 10.8. The van der Waals surface area contributed by atoms with Gasteiger partial charge in [0.1, 0.15) is 29.6 Å². The van der Waals surface area contributed by atoms with Crippen molar-refractivity contribution >= 4 is 14.0 Å². The summed E-state index contributed by atoms with van der Waals surface area (Å²) in [7, 11) is -4.70. The minimum atomic E-state index is -4.70. The molecule has 24 heavy (non-hydrogen) atoms. The molecule has 3 heterocycles. The number of H-pyrrole nitrogens is 1. The van der Waals surface area contributed by atoms with Crippen LogP contribution in [0.15, 0.2) is 23.5 Å². The lowest BCUT2D eigenvalue weighted by molar-refractivity contribution is -0.0633. The van der Waals surface area contributed by atoms with Crippen LogP contribution in [-0.4, -0.2) is 61.0 Å². The zero-order valence-corrected chi connectivity index (χ0v) is 13.6. The zero-order chi connectivity index (χ0) is 17.6. The predicted octanol–water partition coefficient (Wildman–Crippen LogP) is -1.98. The molecule has 132 valence electrons. The highest BCUT2D eigenvalue weighted by molar-refractivity contribution is 7.46. The van der Waals surface area contributed by atoms with E-state index < -0.39 is 39.0 Å². The van der Waals surface area contributed by atoms with Gasteiger partial charge in [0.05, 0.1) is 6.61 Å². The first-order chi connectivity index (χ1) is 11.2. The number of hydrogen-bond donors (Lipinski definition) is 5. The van der Waals surface area contributed by atoms with Crippen molar-refractivity contribution in [3.05, 3.63) is 34.9 Å². The van der Waals surface area contributed by atoms with Gasteiger partial charge in [-0.25, -0.2) is 9.56 Å². The number of nitrogens with zero attached hydrogens (tertiary/aromatic N) is 2. The Morgan fingerprint density at radius 3 is 2.83 bits per heavy atom. The van der Waals surface area contributed by atoms with E-state index in [0.29, 0.717) is 5.49 Å². The van der Waals surface area contributed by atoms with E-state index in [4.69, 9.17) is 14.5 Å². The molecule has 1 aromatic rings. The molecule has 5 N–H and O–H groups in total. The number of phosphoric ester groups is 1. The lowest BCUT2D eigenvalue weighted by atomic mass is 10.1. The smallest absolute Gasteiger partial charge is 0.387 e. The van der Waals surface area contributed by atoms with Gasteiger partial charge in [0, 0.05) is 17.1 Å². The number of fused-ring (bicyclic) bond motifs is 1. The third kappa shape index (κ3) is 3.31. The van der Waals surface area contributed by atoms with E-state index in [-0.39, 0.29) is 5.82 Å². The van der Waals surface area contributed by atoms with Crippen LogP contribution in [0.4, 0.5) is 0 Å². The van der Waals surface area contributed by atoms with E-state index in [1.165, 1.54) is 4.90 Å². The minimum absolute atomic E-state index is 0.289. The number of aliphatic hydroxyl groups excluding tert-OH is 2. The normalized spacial score (nSPS) is 30.0. The standard InChI is InChI=1S/C13H18N3O7P/c1-6-3-8-4-16(7(2)15-12(8)14-6)13-11(18)10(17)9(23-13)5-22-24(19,20)21/h3-4,9-11,13,17-18H,2,5H2,1H3,(H,14,15)(H2,19,20,21)/t9-,10-,11-,13?/m1/s1. The van der Waals surface area contributed by atoms with E-state index in [9.17, 15) is 14.8 Å². The molecule has 0 aromatic carbocycles. The van der Waals surface area contributed by atoms with Crippen LogP contribution >= 0.6 is 7.82 Å². The van der Waals surface area contributed by atoms with Gasteiger partial charge in [-0.3, -0.25) is 4.52 Å². The van der Waals surface area contributed by atoms with Crippen molar-refractivity contribution < 1.29 is 33.8 Å². The summed E-state index contributed by atoms with van der Waals surface area (Å²) in [6.45, 7) is 5.10. The Bertz CT molecular complexity index is 816. The van der Waals surface area contributed by atoms with Crippen LogP contribution in [0.25, 0.3) is 6.20 Å². The van der Waals surface area contributed by atoms with Crippen LogP contribution in [0, 0.1) is 6.92 Å². The summed E-state index contributed by atoms with van der Waals surface area (Å²) in [6.07, 6.45) is -3.16. The Morgan fingerprint density at radius 1 is 1.46 bits per heavy atom. The van der Waals surface area contributed by atoms with E-state index in [0.717, 1.165) is 10.9 Å². The largest absolute Gasteiger partial charge is 0.469 e. The number of aromatic amines is 1. The van der Waals surface area contributed by atoms with Crippen molar-refractivity contribution in [3.63, 3.8) is 0 Å². The van der Waals surface area contributed by atoms with Crippen LogP contribution in [0.5, 0.6) is 0 Å². The van der Waals surface area contributed by atoms with E-state index in [1.54, 1.807) is 6.20 Å². The molecule has 11 heteroatoms. The maximum Gasteiger partial charge on any atom is 0.469 e. The summed E-state index contributed by atoms with van der Waals surface area (Å²) in [5, 5.41) is 21.0. The van der Waals surface area contributed by atoms with Crippen molar-refractivity contribution in [1.29, 1.82) is 0 Å². The first-order valence-corrected chi connectivity index (χ1v) is 8.64. The van der Waals surface area contributed by atoms with Gasteiger partial charge >= 0.3 is 7.82 Å². The van der Waals surface area contributed by atoms with Gasteiger partial charge in [0.15, 0.2) is 6.23 Å². The number of phosphoric acid groups is 1. The van der Waals surface area contributed by atoms with Crippen LogP contribution < -0.4 is 10.7 Å². The fourth-order valence-electron chi connectivity index (χ4n) is 2.69. The summed E-state index contributed by atoms with van der Waals surface area (Å²) in [6, 6.07) is 1.85. The molecule has 1 unspecified atom stereocenters. The molecule has 3 rings (SSSR count). The van der Waals surface area contributed by atoms with Gasteiger partial charge in [-0.2, -0.15) is 0 Å². The number of hydrogen-bond acceptors (Lipinski definition) is 7. The highest BCUT2D eigenvalue weighted by Crippen LogP contribution is 2.37. The summed E-state index contributed by atoms with van der Waals surface area (Å²) in [4.78, 5) is 26.3. The van der Waals surface area contributed by atoms with Gasteiger partial charge in [-0.05, 0) is 13.0 Å².